The minimum Gasteiger partial charge on any atom is -0.352 e. The molecule has 0 unspecified atom stereocenters. The van der Waals surface area contributed by atoms with Crippen LogP contribution in [0.2, 0.25) is 0 Å². The minimum atomic E-state index is -0.0392. The Morgan fingerprint density at radius 2 is 2.00 bits per heavy atom. The monoisotopic (exact) mass is 334 g/mol. The van der Waals surface area contributed by atoms with Gasteiger partial charge in [-0.3, -0.25) is 4.79 Å². The zero-order chi connectivity index (χ0) is 14.9. The van der Waals surface area contributed by atoms with Crippen molar-refractivity contribution >= 4 is 18.3 Å². The molecule has 2 heterocycles. The molecule has 1 amide bonds. The van der Waals surface area contributed by atoms with Crippen LogP contribution in [-0.4, -0.2) is 35.7 Å². The van der Waals surface area contributed by atoms with Crippen LogP contribution in [0.1, 0.15) is 34.9 Å². The molecule has 2 N–H and O–H groups in total. The van der Waals surface area contributed by atoms with Crippen molar-refractivity contribution in [3.05, 3.63) is 35.7 Å². The highest BCUT2D eigenvalue weighted by atomic mass is 35.5. The number of rotatable bonds is 5. The lowest BCUT2D eigenvalue weighted by Crippen LogP contribution is -2.48. The lowest BCUT2D eigenvalue weighted by Gasteiger charge is -2.27. The van der Waals surface area contributed by atoms with Crippen molar-refractivity contribution in [2.75, 3.05) is 19.6 Å². The molecule has 1 aliphatic heterocycles. The Labute approximate surface area is 140 Å². The van der Waals surface area contributed by atoms with Crippen LogP contribution in [0.3, 0.4) is 0 Å². The molecule has 0 bridgehead atoms. The number of carbonyl (C=O) groups is 1. The van der Waals surface area contributed by atoms with Crippen LogP contribution in [0.15, 0.2) is 28.8 Å². The number of nitrogens with one attached hydrogen (secondary N) is 2. The molecule has 23 heavy (non-hydrogen) atoms. The number of amides is 1. The van der Waals surface area contributed by atoms with Crippen LogP contribution in [0, 0.1) is 5.92 Å². The van der Waals surface area contributed by atoms with Crippen molar-refractivity contribution in [1.82, 2.24) is 20.8 Å². The van der Waals surface area contributed by atoms with Gasteiger partial charge in [-0.15, -0.1) is 12.4 Å². The van der Waals surface area contributed by atoms with E-state index < -0.39 is 0 Å². The van der Waals surface area contributed by atoms with Crippen LogP contribution < -0.4 is 10.6 Å². The summed E-state index contributed by atoms with van der Waals surface area (Å²) in [6, 6.07) is 7.30. The average Bonchev–Trinajstić information content (AvgIpc) is 3.23. The summed E-state index contributed by atoms with van der Waals surface area (Å²) < 4.78 is 5.28. The van der Waals surface area contributed by atoms with E-state index in [4.69, 9.17) is 4.52 Å². The topological polar surface area (TPSA) is 80.0 Å². The first-order valence-electron chi connectivity index (χ1n) is 7.72. The van der Waals surface area contributed by atoms with Crippen molar-refractivity contribution in [2.24, 2.45) is 5.92 Å². The predicted octanol–water partition coefficient (Wildman–Crippen LogP) is 1.98. The van der Waals surface area contributed by atoms with Gasteiger partial charge in [-0.25, -0.2) is 0 Å². The van der Waals surface area contributed by atoms with Crippen LogP contribution in [0.4, 0.5) is 0 Å². The maximum atomic E-state index is 12.1. The Balaban J connectivity index is 0.00000156. The van der Waals surface area contributed by atoms with Gasteiger partial charge < -0.3 is 15.2 Å². The molecule has 1 saturated heterocycles. The molecule has 122 valence electrons. The summed E-state index contributed by atoms with van der Waals surface area (Å²) in [6.45, 7) is 2.70. The van der Waals surface area contributed by atoms with Crippen LogP contribution in [0.5, 0.6) is 0 Å². The summed E-state index contributed by atoms with van der Waals surface area (Å²) in [5, 5.41) is 10.2. The van der Waals surface area contributed by atoms with Crippen molar-refractivity contribution in [1.29, 1.82) is 0 Å². The second kappa shape index (κ2) is 6.68. The van der Waals surface area contributed by atoms with Gasteiger partial charge in [0.05, 0.1) is 0 Å². The van der Waals surface area contributed by atoms with E-state index in [9.17, 15) is 4.79 Å². The molecule has 0 spiro atoms. The summed E-state index contributed by atoms with van der Waals surface area (Å²) in [6.07, 6.45) is 2.29. The largest absolute Gasteiger partial charge is 0.352 e. The number of benzene rings is 1. The standard InChI is InChI=1S/C16H18N4O2.ClH/c21-15(18-9-10-7-17-8-10)12-3-5-13(6-4-12)16-19-14(20-22-16)11-1-2-11;/h3-6,10-11,17H,1-2,7-9H2,(H,18,21);1H. The third-order valence-electron chi connectivity index (χ3n) is 4.20. The summed E-state index contributed by atoms with van der Waals surface area (Å²) in [5.74, 6) is 2.31. The number of hydrogen-bond donors (Lipinski definition) is 2. The molecular formula is C16H19ClN4O2. The average molecular weight is 335 g/mol. The molecule has 2 aliphatic rings. The van der Waals surface area contributed by atoms with Gasteiger partial charge in [-0.1, -0.05) is 5.16 Å². The van der Waals surface area contributed by atoms with Crippen molar-refractivity contribution in [2.45, 2.75) is 18.8 Å². The molecule has 4 rings (SSSR count). The van der Waals surface area contributed by atoms with Gasteiger partial charge in [0.15, 0.2) is 5.82 Å². The predicted molar refractivity (Wildman–Crippen MR) is 87.6 cm³/mol. The lowest BCUT2D eigenvalue weighted by atomic mass is 10.0. The SMILES string of the molecule is Cl.O=C(NCC1CNC1)c1ccc(-c2nc(C3CC3)no2)cc1. The second-order valence-corrected chi connectivity index (χ2v) is 6.04. The molecule has 0 radical (unpaired) electrons. The molecule has 7 heteroatoms. The van der Waals surface area contributed by atoms with Crippen molar-refractivity contribution in [3.8, 4) is 11.5 Å². The summed E-state index contributed by atoms with van der Waals surface area (Å²) in [5.41, 5.74) is 1.50. The third-order valence-corrected chi connectivity index (χ3v) is 4.20. The molecule has 0 atom stereocenters. The Morgan fingerprint density at radius 1 is 1.26 bits per heavy atom. The molecular weight excluding hydrogens is 316 g/mol. The van der Waals surface area contributed by atoms with Gasteiger partial charge in [0.2, 0.25) is 0 Å². The Hall–Kier alpha value is -1.92. The van der Waals surface area contributed by atoms with Gasteiger partial charge in [0.1, 0.15) is 0 Å². The van der Waals surface area contributed by atoms with Crippen LogP contribution >= 0.6 is 12.4 Å². The number of halogens is 1. The van der Waals surface area contributed by atoms with E-state index in [1.165, 1.54) is 0 Å². The van der Waals surface area contributed by atoms with Gasteiger partial charge in [-0.2, -0.15) is 4.98 Å². The van der Waals surface area contributed by atoms with E-state index in [0.29, 0.717) is 23.3 Å². The van der Waals surface area contributed by atoms with Gasteiger partial charge in [-0.05, 0) is 37.1 Å². The highest BCUT2D eigenvalue weighted by Crippen LogP contribution is 2.38. The molecule has 6 nitrogen and oxygen atoms in total. The fourth-order valence-electron chi connectivity index (χ4n) is 2.46. The first kappa shape index (κ1) is 16.0. The Kier molecular flexibility index (Phi) is 4.63. The molecule has 1 saturated carbocycles. The van der Waals surface area contributed by atoms with E-state index in [1.54, 1.807) is 12.1 Å². The normalized spacial score (nSPS) is 17.2. The van der Waals surface area contributed by atoms with E-state index in [-0.39, 0.29) is 18.3 Å². The van der Waals surface area contributed by atoms with E-state index in [2.05, 4.69) is 20.8 Å². The van der Waals surface area contributed by atoms with E-state index in [0.717, 1.165) is 43.9 Å². The Bertz CT molecular complexity index is 678. The summed E-state index contributed by atoms with van der Waals surface area (Å²) >= 11 is 0. The molecule has 2 fully saturated rings. The Morgan fingerprint density at radius 3 is 2.61 bits per heavy atom. The quantitative estimate of drug-likeness (QED) is 0.874. The molecule has 1 aromatic carbocycles. The maximum Gasteiger partial charge on any atom is 0.257 e. The summed E-state index contributed by atoms with van der Waals surface area (Å²) in [7, 11) is 0. The van der Waals surface area contributed by atoms with Crippen molar-refractivity contribution in [3.63, 3.8) is 0 Å². The highest BCUT2D eigenvalue weighted by Gasteiger charge is 2.29. The van der Waals surface area contributed by atoms with Crippen molar-refractivity contribution < 1.29 is 9.32 Å². The number of aromatic nitrogens is 2. The molecule has 1 aliphatic carbocycles. The van der Waals surface area contributed by atoms with Crippen LogP contribution in [-0.2, 0) is 0 Å². The van der Waals surface area contributed by atoms with E-state index in [1.807, 2.05) is 12.1 Å². The number of nitrogens with zero attached hydrogens (tertiary/aromatic N) is 2. The molecule has 2 aromatic rings. The fraction of sp³-hybridized carbons (Fsp3) is 0.438. The summed E-state index contributed by atoms with van der Waals surface area (Å²) in [4.78, 5) is 16.5. The van der Waals surface area contributed by atoms with Gasteiger partial charge >= 0.3 is 0 Å². The second-order valence-electron chi connectivity index (χ2n) is 6.04. The first-order chi connectivity index (χ1) is 10.8. The van der Waals surface area contributed by atoms with Gasteiger partial charge in [0, 0.05) is 42.6 Å². The van der Waals surface area contributed by atoms with E-state index >= 15 is 0 Å². The zero-order valence-electron chi connectivity index (χ0n) is 12.6. The van der Waals surface area contributed by atoms with Crippen LogP contribution in [0.25, 0.3) is 11.5 Å². The highest BCUT2D eigenvalue weighted by molar-refractivity contribution is 5.94. The third kappa shape index (κ3) is 3.54. The number of hydrogen-bond acceptors (Lipinski definition) is 5. The van der Waals surface area contributed by atoms with Gasteiger partial charge in [0.25, 0.3) is 11.8 Å². The lowest BCUT2D eigenvalue weighted by molar-refractivity contribution is 0.0942. The fourth-order valence-corrected chi connectivity index (χ4v) is 2.46. The first-order valence-corrected chi connectivity index (χ1v) is 7.72. The molecule has 1 aromatic heterocycles. The zero-order valence-corrected chi connectivity index (χ0v) is 13.4. The minimum absolute atomic E-state index is 0. The number of carbonyl (C=O) groups excluding carboxylic acids is 1. The maximum absolute atomic E-state index is 12.1. The smallest absolute Gasteiger partial charge is 0.257 e.